The number of aryl methyl sites for hydroxylation is 1. The average Bonchev–Trinajstić information content (AvgIpc) is 2.74. The number of nitrogens with zero attached hydrogens (tertiary/aromatic N) is 1. The number of piperidine rings is 1. The van der Waals surface area contributed by atoms with Gasteiger partial charge in [0.1, 0.15) is 0 Å². The number of rotatable bonds is 9. The highest BCUT2D eigenvalue weighted by Crippen LogP contribution is 2.40. The first-order chi connectivity index (χ1) is 14.1. The minimum absolute atomic E-state index is 0.0309. The van der Waals surface area contributed by atoms with Crippen LogP contribution in [0.4, 0.5) is 5.69 Å². The monoisotopic (exact) mass is 394 g/mol. The number of likely N-dealkylation sites (tertiary alicyclic amines) is 1. The molecule has 156 valence electrons. The van der Waals surface area contributed by atoms with Gasteiger partial charge in [0, 0.05) is 32.9 Å². The maximum atomic E-state index is 11.2. The van der Waals surface area contributed by atoms with Crippen molar-refractivity contribution in [2.45, 2.75) is 45.6 Å². The second-order valence-corrected chi connectivity index (χ2v) is 8.38. The molecule has 4 heteroatoms. The van der Waals surface area contributed by atoms with Gasteiger partial charge in [-0.05, 0) is 73.9 Å². The number of nitrogens with one attached hydrogen (secondary N) is 1. The zero-order chi connectivity index (χ0) is 20.5. The summed E-state index contributed by atoms with van der Waals surface area (Å²) in [6.45, 7) is 5.62. The van der Waals surface area contributed by atoms with Gasteiger partial charge in [-0.1, -0.05) is 42.5 Å². The highest BCUT2D eigenvalue weighted by Gasteiger charge is 2.33. The lowest BCUT2D eigenvalue weighted by Gasteiger charge is -2.42. The van der Waals surface area contributed by atoms with Crippen LogP contribution in [0.2, 0.25) is 0 Å². The van der Waals surface area contributed by atoms with E-state index < -0.39 is 0 Å². The molecule has 29 heavy (non-hydrogen) atoms. The lowest BCUT2D eigenvalue weighted by atomic mass is 9.72. The Bertz CT molecular complexity index is 750. The van der Waals surface area contributed by atoms with Gasteiger partial charge < -0.3 is 10.1 Å². The average molecular weight is 395 g/mol. The van der Waals surface area contributed by atoms with Crippen molar-refractivity contribution in [2.75, 3.05) is 32.1 Å². The van der Waals surface area contributed by atoms with Crippen molar-refractivity contribution in [1.82, 2.24) is 4.90 Å². The fourth-order valence-corrected chi connectivity index (χ4v) is 4.34. The van der Waals surface area contributed by atoms with Gasteiger partial charge in [-0.3, -0.25) is 9.69 Å². The fourth-order valence-electron chi connectivity index (χ4n) is 4.34. The Kier molecular flexibility index (Phi) is 7.84. The molecule has 4 nitrogen and oxygen atoms in total. The summed E-state index contributed by atoms with van der Waals surface area (Å²) in [6, 6.07) is 19.1. The molecule has 0 unspecified atom stereocenters. The van der Waals surface area contributed by atoms with Crippen molar-refractivity contribution >= 4 is 11.6 Å². The van der Waals surface area contributed by atoms with Gasteiger partial charge in [-0.15, -0.1) is 0 Å². The molecular formula is C25H34N2O2. The topological polar surface area (TPSA) is 41.6 Å². The molecule has 0 spiro atoms. The molecule has 1 fully saturated rings. The number of hydrogen-bond donors (Lipinski definition) is 1. The van der Waals surface area contributed by atoms with Crippen LogP contribution in [0.15, 0.2) is 54.6 Å². The fraction of sp³-hybridized carbons (Fsp3) is 0.480. The Morgan fingerprint density at radius 2 is 1.69 bits per heavy atom. The quantitative estimate of drug-likeness (QED) is 0.658. The summed E-state index contributed by atoms with van der Waals surface area (Å²) in [5.41, 5.74) is 3.98. The highest BCUT2D eigenvalue weighted by atomic mass is 16.5. The van der Waals surface area contributed by atoms with Crippen LogP contribution in [0.3, 0.4) is 0 Å². The van der Waals surface area contributed by atoms with E-state index in [1.54, 1.807) is 0 Å². The zero-order valence-electron chi connectivity index (χ0n) is 17.8. The molecule has 1 N–H and O–H groups in total. The van der Waals surface area contributed by atoms with Gasteiger partial charge in [0.05, 0.1) is 0 Å². The smallest absolute Gasteiger partial charge is 0.221 e. The van der Waals surface area contributed by atoms with Crippen molar-refractivity contribution in [2.24, 2.45) is 5.41 Å². The normalized spacial score (nSPS) is 16.5. The van der Waals surface area contributed by atoms with Crippen molar-refractivity contribution in [1.29, 1.82) is 0 Å². The lowest BCUT2D eigenvalue weighted by Crippen LogP contribution is -2.40. The molecule has 1 aliphatic heterocycles. The van der Waals surface area contributed by atoms with Crippen LogP contribution in [0.1, 0.15) is 43.7 Å². The third-order valence-corrected chi connectivity index (χ3v) is 6.22. The second kappa shape index (κ2) is 10.6. The van der Waals surface area contributed by atoms with Crippen molar-refractivity contribution in [3.63, 3.8) is 0 Å². The summed E-state index contributed by atoms with van der Waals surface area (Å²) in [6.07, 6.45) is 5.99. The standard InChI is InChI=1S/C25H34N2O2/c1-21(28)26-24-10-8-23(9-11-24)20-27-17-14-25(15-18-27,16-19-29-2)13-12-22-6-4-3-5-7-22/h3-11H,12-20H2,1-2H3,(H,26,28). The van der Waals surface area contributed by atoms with Crippen LogP contribution in [0.5, 0.6) is 0 Å². The number of carbonyl (C=O) groups excluding carboxylic acids is 1. The second-order valence-electron chi connectivity index (χ2n) is 8.38. The van der Waals surface area contributed by atoms with Gasteiger partial charge in [0.25, 0.3) is 0 Å². The number of ether oxygens (including phenoxy) is 1. The molecule has 1 amide bonds. The number of methoxy groups -OCH3 is 1. The van der Waals surface area contributed by atoms with E-state index in [1.807, 2.05) is 19.2 Å². The van der Waals surface area contributed by atoms with Crippen molar-refractivity contribution < 1.29 is 9.53 Å². The Morgan fingerprint density at radius 1 is 1.00 bits per heavy atom. The Balaban J connectivity index is 1.54. The third-order valence-electron chi connectivity index (χ3n) is 6.22. The molecule has 0 atom stereocenters. The predicted molar refractivity (Wildman–Crippen MR) is 119 cm³/mol. The number of amides is 1. The van der Waals surface area contributed by atoms with Crippen LogP contribution in [0.25, 0.3) is 0 Å². The van der Waals surface area contributed by atoms with E-state index in [-0.39, 0.29) is 5.91 Å². The van der Waals surface area contributed by atoms with E-state index in [2.05, 4.69) is 52.7 Å². The van der Waals surface area contributed by atoms with Gasteiger partial charge >= 0.3 is 0 Å². The molecule has 0 saturated carbocycles. The molecule has 2 aromatic rings. The number of anilines is 1. The number of carbonyl (C=O) groups is 1. The van der Waals surface area contributed by atoms with Crippen molar-refractivity contribution in [3.8, 4) is 0 Å². The molecule has 1 heterocycles. The summed E-state index contributed by atoms with van der Waals surface area (Å²) >= 11 is 0. The van der Waals surface area contributed by atoms with Crippen molar-refractivity contribution in [3.05, 3.63) is 65.7 Å². The molecule has 0 bridgehead atoms. The van der Waals surface area contributed by atoms with E-state index in [9.17, 15) is 4.79 Å². The van der Waals surface area contributed by atoms with Crippen LogP contribution in [-0.4, -0.2) is 37.6 Å². The minimum atomic E-state index is -0.0309. The van der Waals surface area contributed by atoms with E-state index in [4.69, 9.17) is 4.74 Å². The molecule has 0 aromatic heterocycles. The molecule has 2 aromatic carbocycles. The summed E-state index contributed by atoms with van der Waals surface area (Å²) in [5, 5.41) is 2.83. The minimum Gasteiger partial charge on any atom is -0.385 e. The van der Waals surface area contributed by atoms with E-state index in [0.717, 1.165) is 44.8 Å². The molecule has 1 saturated heterocycles. The number of hydrogen-bond acceptors (Lipinski definition) is 3. The SMILES string of the molecule is COCCC1(CCc2ccccc2)CCN(Cc2ccc(NC(C)=O)cc2)CC1. The van der Waals surface area contributed by atoms with E-state index in [0.29, 0.717) is 5.41 Å². The maximum absolute atomic E-state index is 11.2. The summed E-state index contributed by atoms with van der Waals surface area (Å²) in [4.78, 5) is 13.7. The Hall–Kier alpha value is -2.17. The number of benzene rings is 2. The summed E-state index contributed by atoms with van der Waals surface area (Å²) in [7, 11) is 1.81. The molecule has 0 radical (unpaired) electrons. The zero-order valence-corrected chi connectivity index (χ0v) is 17.8. The summed E-state index contributed by atoms with van der Waals surface area (Å²) < 4.78 is 5.44. The van der Waals surface area contributed by atoms with Crippen LogP contribution in [0, 0.1) is 5.41 Å². The molecule has 0 aliphatic carbocycles. The third kappa shape index (κ3) is 6.69. The van der Waals surface area contributed by atoms with Gasteiger partial charge in [0.2, 0.25) is 5.91 Å². The largest absolute Gasteiger partial charge is 0.385 e. The van der Waals surface area contributed by atoms with Gasteiger partial charge in [0.15, 0.2) is 0 Å². The predicted octanol–water partition coefficient (Wildman–Crippen LogP) is 4.90. The van der Waals surface area contributed by atoms with E-state index in [1.165, 1.54) is 37.3 Å². The Labute approximate surface area is 175 Å². The first-order valence-electron chi connectivity index (χ1n) is 10.7. The highest BCUT2D eigenvalue weighted by molar-refractivity contribution is 5.88. The first kappa shape index (κ1) is 21.5. The van der Waals surface area contributed by atoms with E-state index >= 15 is 0 Å². The molecular weight excluding hydrogens is 360 g/mol. The summed E-state index contributed by atoms with van der Waals surface area (Å²) in [5.74, 6) is -0.0309. The van der Waals surface area contributed by atoms with Gasteiger partial charge in [-0.2, -0.15) is 0 Å². The van der Waals surface area contributed by atoms with Crippen LogP contribution >= 0.6 is 0 Å². The van der Waals surface area contributed by atoms with Gasteiger partial charge in [-0.25, -0.2) is 0 Å². The Morgan fingerprint density at radius 3 is 2.31 bits per heavy atom. The van der Waals surface area contributed by atoms with Crippen LogP contribution in [-0.2, 0) is 22.5 Å². The molecule has 1 aliphatic rings. The maximum Gasteiger partial charge on any atom is 0.221 e. The first-order valence-corrected chi connectivity index (χ1v) is 10.7. The lowest BCUT2D eigenvalue weighted by molar-refractivity contribution is -0.114. The van der Waals surface area contributed by atoms with Crippen LogP contribution < -0.4 is 5.32 Å². The molecule has 3 rings (SSSR count).